The second-order valence-corrected chi connectivity index (χ2v) is 8.44. The van der Waals surface area contributed by atoms with Gasteiger partial charge in [0.25, 0.3) is 5.56 Å². The minimum Gasteiger partial charge on any atom is -0.462 e. The zero-order valence-electron chi connectivity index (χ0n) is 17.5. The summed E-state index contributed by atoms with van der Waals surface area (Å²) in [5.41, 5.74) is 1.67. The van der Waals surface area contributed by atoms with Crippen LogP contribution in [0.5, 0.6) is 0 Å². The molecule has 4 rings (SSSR count). The van der Waals surface area contributed by atoms with Gasteiger partial charge in [0, 0.05) is 31.9 Å². The van der Waals surface area contributed by atoms with Gasteiger partial charge in [-0.15, -0.1) is 11.3 Å². The number of aromatic amines is 1. The van der Waals surface area contributed by atoms with Crippen molar-refractivity contribution in [1.82, 2.24) is 14.9 Å². The standard InChI is InChI=1S/C22H26N4O3S/c1-4-29-22(28)18-14(2)17-20(27)23-19(24-21(17)30-18)15(3)25-10-12-26(13-11-25)16-8-6-5-7-9-16/h5-9,15H,4,10-13H2,1-3H3,(H,23,24,27). The van der Waals surface area contributed by atoms with Crippen LogP contribution >= 0.6 is 11.3 Å². The van der Waals surface area contributed by atoms with Gasteiger partial charge in [-0.1, -0.05) is 18.2 Å². The number of carbonyl (C=O) groups is 1. The van der Waals surface area contributed by atoms with Gasteiger partial charge in [-0.25, -0.2) is 9.78 Å². The van der Waals surface area contributed by atoms with Crippen molar-refractivity contribution >= 4 is 33.2 Å². The first-order chi connectivity index (χ1) is 14.5. The number of carbonyl (C=O) groups excluding carboxylic acids is 1. The van der Waals surface area contributed by atoms with E-state index < -0.39 is 5.97 Å². The topological polar surface area (TPSA) is 78.5 Å². The first kappa shape index (κ1) is 20.6. The second kappa shape index (κ2) is 8.57. The molecule has 8 heteroatoms. The van der Waals surface area contributed by atoms with Crippen molar-refractivity contribution in [2.24, 2.45) is 0 Å². The molecule has 1 aromatic carbocycles. The number of benzene rings is 1. The normalized spacial score (nSPS) is 16.0. The molecule has 1 saturated heterocycles. The Kier molecular flexibility index (Phi) is 5.87. The third-order valence-electron chi connectivity index (χ3n) is 5.66. The summed E-state index contributed by atoms with van der Waals surface area (Å²) in [5.74, 6) is 0.237. The SMILES string of the molecule is CCOC(=O)c1sc2nc(C(C)N3CCN(c4ccccc4)CC3)[nH]c(=O)c2c1C. The highest BCUT2D eigenvalue weighted by molar-refractivity contribution is 7.20. The number of anilines is 1. The fourth-order valence-corrected chi connectivity index (χ4v) is 5.01. The number of esters is 1. The molecule has 0 radical (unpaired) electrons. The number of aromatic nitrogens is 2. The third-order valence-corrected chi connectivity index (χ3v) is 6.82. The van der Waals surface area contributed by atoms with Crippen LogP contribution in [0.2, 0.25) is 0 Å². The van der Waals surface area contributed by atoms with Crippen LogP contribution in [0.4, 0.5) is 5.69 Å². The van der Waals surface area contributed by atoms with E-state index in [2.05, 4.69) is 46.0 Å². The number of para-hydroxylation sites is 1. The van der Waals surface area contributed by atoms with Crippen LogP contribution in [0, 0.1) is 6.92 Å². The Bertz CT molecular complexity index is 1100. The Labute approximate surface area is 179 Å². The van der Waals surface area contributed by atoms with Gasteiger partial charge in [-0.3, -0.25) is 9.69 Å². The van der Waals surface area contributed by atoms with Gasteiger partial charge in [0.05, 0.1) is 18.0 Å². The van der Waals surface area contributed by atoms with E-state index in [1.807, 2.05) is 6.07 Å². The van der Waals surface area contributed by atoms with E-state index in [0.717, 1.165) is 26.2 Å². The maximum absolute atomic E-state index is 12.8. The summed E-state index contributed by atoms with van der Waals surface area (Å²) in [6, 6.07) is 10.4. The first-order valence-corrected chi connectivity index (χ1v) is 11.1. The number of H-pyrrole nitrogens is 1. The number of nitrogens with one attached hydrogen (secondary N) is 1. The highest BCUT2D eigenvalue weighted by Crippen LogP contribution is 2.29. The molecular formula is C22H26N4O3S. The summed E-state index contributed by atoms with van der Waals surface area (Å²) in [6.45, 7) is 9.52. The number of hydrogen-bond acceptors (Lipinski definition) is 7. The van der Waals surface area contributed by atoms with Gasteiger partial charge in [0.2, 0.25) is 0 Å². The van der Waals surface area contributed by atoms with Crippen molar-refractivity contribution in [3.8, 4) is 0 Å². The molecule has 1 aliphatic heterocycles. The minimum atomic E-state index is -0.399. The van der Waals surface area contributed by atoms with E-state index >= 15 is 0 Å². The Morgan fingerprint density at radius 2 is 1.93 bits per heavy atom. The Hall–Kier alpha value is -2.71. The molecule has 0 saturated carbocycles. The van der Waals surface area contributed by atoms with Gasteiger partial charge in [-0.05, 0) is 38.5 Å². The number of nitrogens with zero attached hydrogens (tertiary/aromatic N) is 3. The number of ether oxygens (including phenoxy) is 1. The van der Waals surface area contributed by atoms with Crippen LogP contribution in [0.15, 0.2) is 35.1 Å². The van der Waals surface area contributed by atoms with E-state index in [-0.39, 0.29) is 11.6 Å². The van der Waals surface area contributed by atoms with E-state index in [0.29, 0.717) is 33.1 Å². The molecule has 1 aliphatic rings. The zero-order valence-corrected chi connectivity index (χ0v) is 18.3. The number of aryl methyl sites for hydroxylation is 1. The molecule has 0 amide bonds. The van der Waals surface area contributed by atoms with Crippen molar-refractivity contribution in [1.29, 1.82) is 0 Å². The van der Waals surface area contributed by atoms with Crippen LogP contribution in [0.25, 0.3) is 10.2 Å². The molecule has 158 valence electrons. The Morgan fingerprint density at radius 3 is 2.60 bits per heavy atom. The molecule has 1 N–H and O–H groups in total. The molecule has 2 aromatic heterocycles. The molecule has 30 heavy (non-hydrogen) atoms. The van der Waals surface area contributed by atoms with Crippen molar-refractivity contribution in [2.45, 2.75) is 26.8 Å². The highest BCUT2D eigenvalue weighted by atomic mass is 32.1. The number of piperazine rings is 1. The summed E-state index contributed by atoms with van der Waals surface area (Å²) in [4.78, 5) is 38.4. The van der Waals surface area contributed by atoms with E-state index in [1.54, 1.807) is 13.8 Å². The maximum atomic E-state index is 12.8. The Morgan fingerprint density at radius 1 is 1.23 bits per heavy atom. The fourth-order valence-electron chi connectivity index (χ4n) is 3.93. The van der Waals surface area contributed by atoms with Gasteiger partial charge in [0.1, 0.15) is 15.5 Å². The first-order valence-electron chi connectivity index (χ1n) is 10.2. The molecule has 0 bridgehead atoms. The lowest BCUT2D eigenvalue weighted by molar-refractivity contribution is 0.0531. The predicted molar refractivity (Wildman–Crippen MR) is 120 cm³/mol. The van der Waals surface area contributed by atoms with Gasteiger partial charge in [-0.2, -0.15) is 0 Å². The zero-order chi connectivity index (χ0) is 21.3. The van der Waals surface area contributed by atoms with E-state index in [4.69, 9.17) is 9.72 Å². The minimum absolute atomic E-state index is 0.0199. The predicted octanol–water partition coefficient (Wildman–Crippen LogP) is 3.35. The fraction of sp³-hybridized carbons (Fsp3) is 0.409. The van der Waals surface area contributed by atoms with Gasteiger partial charge in [0.15, 0.2) is 0 Å². The molecule has 1 unspecified atom stereocenters. The van der Waals surface area contributed by atoms with Crippen molar-refractivity contribution < 1.29 is 9.53 Å². The van der Waals surface area contributed by atoms with E-state index in [1.165, 1.54) is 17.0 Å². The van der Waals surface area contributed by atoms with Gasteiger partial charge >= 0.3 is 5.97 Å². The number of hydrogen-bond donors (Lipinski definition) is 1. The molecule has 3 heterocycles. The summed E-state index contributed by atoms with van der Waals surface area (Å²) < 4.78 is 5.12. The molecular weight excluding hydrogens is 400 g/mol. The molecule has 0 aliphatic carbocycles. The number of fused-ring (bicyclic) bond motifs is 1. The number of thiophene rings is 1. The van der Waals surface area contributed by atoms with Crippen LogP contribution in [-0.2, 0) is 4.74 Å². The van der Waals surface area contributed by atoms with Crippen molar-refractivity contribution in [3.63, 3.8) is 0 Å². The monoisotopic (exact) mass is 426 g/mol. The molecule has 3 aromatic rings. The quantitative estimate of drug-likeness (QED) is 0.631. The smallest absolute Gasteiger partial charge is 0.348 e. The highest BCUT2D eigenvalue weighted by Gasteiger charge is 2.26. The van der Waals surface area contributed by atoms with Crippen LogP contribution < -0.4 is 10.5 Å². The maximum Gasteiger partial charge on any atom is 0.348 e. The third kappa shape index (κ3) is 3.85. The lowest BCUT2D eigenvalue weighted by Gasteiger charge is -2.38. The van der Waals surface area contributed by atoms with Crippen LogP contribution in [-0.4, -0.2) is 53.6 Å². The lowest BCUT2D eigenvalue weighted by atomic mass is 10.2. The van der Waals surface area contributed by atoms with Crippen LogP contribution in [0.3, 0.4) is 0 Å². The summed E-state index contributed by atoms with van der Waals surface area (Å²) in [7, 11) is 0. The summed E-state index contributed by atoms with van der Waals surface area (Å²) in [6.07, 6.45) is 0. The average Bonchev–Trinajstić information content (AvgIpc) is 3.11. The summed E-state index contributed by atoms with van der Waals surface area (Å²) in [5, 5.41) is 0.480. The molecule has 7 nitrogen and oxygen atoms in total. The molecule has 0 spiro atoms. The van der Waals surface area contributed by atoms with Crippen LogP contribution in [0.1, 0.15) is 40.9 Å². The average molecular weight is 427 g/mol. The van der Waals surface area contributed by atoms with E-state index in [9.17, 15) is 9.59 Å². The Balaban J connectivity index is 1.54. The molecule has 1 fully saturated rings. The van der Waals surface area contributed by atoms with Gasteiger partial charge < -0.3 is 14.6 Å². The van der Waals surface area contributed by atoms with Crippen molar-refractivity contribution in [2.75, 3.05) is 37.7 Å². The molecule has 1 atom stereocenters. The second-order valence-electron chi connectivity index (χ2n) is 7.44. The van der Waals surface area contributed by atoms with Crippen molar-refractivity contribution in [3.05, 3.63) is 57.0 Å². The lowest BCUT2D eigenvalue weighted by Crippen LogP contribution is -2.47. The largest absolute Gasteiger partial charge is 0.462 e. The number of rotatable bonds is 5. The summed E-state index contributed by atoms with van der Waals surface area (Å²) >= 11 is 1.23.